The minimum atomic E-state index is -0.176. The molecule has 0 aliphatic heterocycles. The Kier molecular flexibility index (Phi) is 5.64. The van der Waals surface area contributed by atoms with Crippen LogP contribution in [0.25, 0.3) is 0 Å². The zero-order chi connectivity index (χ0) is 7.98. The van der Waals surface area contributed by atoms with Gasteiger partial charge in [-0.15, -0.1) is 0 Å². The van der Waals surface area contributed by atoms with Gasteiger partial charge in [-0.2, -0.15) is 0 Å². The maximum absolute atomic E-state index is 9.39. The van der Waals surface area contributed by atoms with E-state index < -0.39 is 0 Å². The van der Waals surface area contributed by atoms with Crippen molar-refractivity contribution in [2.24, 2.45) is 0 Å². The summed E-state index contributed by atoms with van der Waals surface area (Å²) >= 11 is 0. The lowest BCUT2D eigenvalue weighted by molar-refractivity contribution is -0.439. The van der Waals surface area contributed by atoms with E-state index in [1.165, 1.54) is 0 Å². The summed E-state index contributed by atoms with van der Waals surface area (Å²) in [7, 11) is 0. The molecule has 0 bridgehead atoms. The monoisotopic (exact) mass is 146 g/mol. The molecule has 0 aromatic heterocycles. The molecule has 0 amide bonds. The molecular formula is C8H20NO+. The molecule has 2 unspecified atom stereocenters. The van der Waals surface area contributed by atoms with E-state index in [2.05, 4.69) is 19.6 Å². The first-order valence-corrected chi connectivity index (χ1v) is 4.23. The highest BCUT2D eigenvalue weighted by atomic mass is 16.3. The van der Waals surface area contributed by atoms with Gasteiger partial charge in [0, 0.05) is 6.42 Å². The number of hydrogen-bond donors (Lipinski definition) is 2. The number of aliphatic hydroxyl groups is 1. The van der Waals surface area contributed by atoms with Crippen molar-refractivity contribution in [3.05, 3.63) is 0 Å². The Morgan fingerprint density at radius 2 is 1.70 bits per heavy atom. The first-order chi connectivity index (χ1) is 4.72. The molecular weight excluding hydrogens is 126 g/mol. The van der Waals surface area contributed by atoms with Gasteiger partial charge in [0.25, 0.3) is 0 Å². The maximum atomic E-state index is 9.39. The van der Waals surface area contributed by atoms with Crippen molar-refractivity contribution in [2.75, 3.05) is 0 Å². The standard InChI is InChI=1S/C8H19NO/c1-3-5-7(9)8(10)6-4-2/h7-8,10H,3-6,9H2,1-2H3/p+1. The summed E-state index contributed by atoms with van der Waals surface area (Å²) in [6, 6.07) is 0.241. The molecule has 0 rings (SSSR count). The van der Waals surface area contributed by atoms with E-state index in [9.17, 15) is 5.11 Å². The Balaban J connectivity index is 3.38. The zero-order valence-electron chi connectivity index (χ0n) is 7.14. The number of aliphatic hydroxyl groups excluding tert-OH is 1. The van der Waals surface area contributed by atoms with Crippen LogP contribution in [0, 0.1) is 0 Å². The molecule has 2 heteroatoms. The predicted molar refractivity (Wildman–Crippen MR) is 42.5 cm³/mol. The van der Waals surface area contributed by atoms with Crippen LogP contribution in [-0.4, -0.2) is 17.3 Å². The van der Waals surface area contributed by atoms with E-state index in [0.29, 0.717) is 0 Å². The molecule has 0 saturated heterocycles. The highest BCUT2D eigenvalue weighted by Gasteiger charge is 2.15. The lowest BCUT2D eigenvalue weighted by Gasteiger charge is -2.13. The zero-order valence-corrected chi connectivity index (χ0v) is 7.14. The highest BCUT2D eigenvalue weighted by Crippen LogP contribution is 2.03. The van der Waals surface area contributed by atoms with Gasteiger partial charge in [-0.3, -0.25) is 0 Å². The van der Waals surface area contributed by atoms with Crippen LogP contribution in [0.1, 0.15) is 39.5 Å². The molecule has 62 valence electrons. The van der Waals surface area contributed by atoms with Crippen LogP contribution in [0.5, 0.6) is 0 Å². The fraction of sp³-hybridized carbons (Fsp3) is 1.00. The van der Waals surface area contributed by atoms with E-state index in [-0.39, 0.29) is 12.1 Å². The van der Waals surface area contributed by atoms with Crippen molar-refractivity contribution in [2.45, 2.75) is 51.7 Å². The van der Waals surface area contributed by atoms with E-state index in [4.69, 9.17) is 0 Å². The lowest BCUT2D eigenvalue weighted by atomic mass is 10.0. The van der Waals surface area contributed by atoms with Gasteiger partial charge in [-0.05, 0) is 6.42 Å². The van der Waals surface area contributed by atoms with Gasteiger partial charge in [0.1, 0.15) is 12.1 Å². The second kappa shape index (κ2) is 5.69. The van der Waals surface area contributed by atoms with Gasteiger partial charge in [-0.25, -0.2) is 0 Å². The minimum absolute atomic E-state index is 0.176. The second-order valence-corrected chi connectivity index (χ2v) is 2.90. The van der Waals surface area contributed by atoms with Crippen LogP contribution in [0.2, 0.25) is 0 Å². The summed E-state index contributed by atoms with van der Waals surface area (Å²) in [5.74, 6) is 0. The Labute approximate surface area is 63.4 Å². The number of quaternary nitrogens is 1. The molecule has 0 fully saturated rings. The van der Waals surface area contributed by atoms with Crippen molar-refractivity contribution in [1.29, 1.82) is 0 Å². The van der Waals surface area contributed by atoms with E-state index in [1.807, 2.05) is 0 Å². The average molecular weight is 146 g/mol. The molecule has 0 saturated carbocycles. The van der Waals surface area contributed by atoms with Crippen molar-refractivity contribution in [3.63, 3.8) is 0 Å². The SMILES string of the molecule is CCCC([NH3+])C(O)CCC. The van der Waals surface area contributed by atoms with Crippen molar-refractivity contribution in [3.8, 4) is 0 Å². The van der Waals surface area contributed by atoms with E-state index in [0.717, 1.165) is 25.7 Å². The Bertz CT molecular complexity index is 65.7. The van der Waals surface area contributed by atoms with Crippen LogP contribution in [0.3, 0.4) is 0 Å². The predicted octanol–water partition coefficient (Wildman–Crippen LogP) is 0.558. The molecule has 4 N–H and O–H groups in total. The molecule has 0 spiro atoms. The number of rotatable bonds is 5. The van der Waals surface area contributed by atoms with Crippen molar-refractivity contribution < 1.29 is 10.8 Å². The third-order valence-corrected chi connectivity index (χ3v) is 1.79. The third-order valence-electron chi connectivity index (χ3n) is 1.79. The molecule has 0 radical (unpaired) electrons. The van der Waals surface area contributed by atoms with Crippen molar-refractivity contribution in [1.82, 2.24) is 0 Å². The van der Waals surface area contributed by atoms with E-state index >= 15 is 0 Å². The Morgan fingerprint density at radius 3 is 2.10 bits per heavy atom. The fourth-order valence-corrected chi connectivity index (χ4v) is 1.09. The first-order valence-electron chi connectivity index (χ1n) is 4.23. The number of hydrogen-bond acceptors (Lipinski definition) is 1. The highest BCUT2D eigenvalue weighted by molar-refractivity contribution is 4.63. The van der Waals surface area contributed by atoms with Crippen LogP contribution >= 0.6 is 0 Å². The summed E-state index contributed by atoms with van der Waals surface area (Å²) in [5, 5.41) is 9.39. The quantitative estimate of drug-likeness (QED) is 0.585. The molecule has 0 aliphatic rings. The molecule has 2 atom stereocenters. The van der Waals surface area contributed by atoms with Crippen LogP contribution in [0.15, 0.2) is 0 Å². The van der Waals surface area contributed by atoms with Gasteiger partial charge in [0.05, 0.1) is 0 Å². The smallest absolute Gasteiger partial charge is 0.111 e. The third kappa shape index (κ3) is 3.85. The van der Waals surface area contributed by atoms with Gasteiger partial charge >= 0.3 is 0 Å². The second-order valence-electron chi connectivity index (χ2n) is 2.90. The fourth-order valence-electron chi connectivity index (χ4n) is 1.09. The van der Waals surface area contributed by atoms with E-state index in [1.54, 1.807) is 0 Å². The largest absolute Gasteiger partial charge is 0.387 e. The molecule has 0 heterocycles. The summed E-state index contributed by atoms with van der Waals surface area (Å²) < 4.78 is 0. The van der Waals surface area contributed by atoms with Crippen LogP contribution < -0.4 is 5.73 Å². The van der Waals surface area contributed by atoms with Crippen LogP contribution in [0.4, 0.5) is 0 Å². The van der Waals surface area contributed by atoms with Gasteiger partial charge in [0.2, 0.25) is 0 Å². The van der Waals surface area contributed by atoms with Crippen LogP contribution in [-0.2, 0) is 0 Å². The molecule has 10 heavy (non-hydrogen) atoms. The summed E-state index contributed by atoms with van der Waals surface area (Å²) in [5.41, 5.74) is 3.90. The molecule has 0 aliphatic carbocycles. The Morgan fingerprint density at radius 1 is 1.20 bits per heavy atom. The summed E-state index contributed by atoms with van der Waals surface area (Å²) in [4.78, 5) is 0. The minimum Gasteiger partial charge on any atom is -0.387 e. The summed E-state index contributed by atoms with van der Waals surface area (Å²) in [6.45, 7) is 4.21. The normalized spacial score (nSPS) is 16.8. The lowest BCUT2D eigenvalue weighted by Crippen LogP contribution is -2.66. The molecule has 0 aromatic carbocycles. The van der Waals surface area contributed by atoms with Crippen molar-refractivity contribution >= 4 is 0 Å². The first kappa shape index (κ1) is 9.92. The topological polar surface area (TPSA) is 47.9 Å². The average Bonchev–Trinajstić information content (AvgIpc) is 1.89. The summed E-state index contributed by atoms with van der Waals surface area (Å²) in [6.07, 6.45) is 3.94. The molecule has 0 aromatic rings. The Hall–Kier alpha value is -0.0800. The van der Waals surface area contributed by atoms with Gasteiger partial charge in [0.15, 0.2) is 0 Å². The molecule has 2 nitrogen and oxygen atoms in total. The van der Waals surface area contributed by atoms with Gasteiger partial charge < -0.3 is 10.8 Å². The maximum Gasteiger partial charge on any atom is 0.111 e. The van der Waals surface area contributed by atoms with Gasteiger partial charge in [-0.1, -0.05) is 26.7 Å².